The predicted molar refractivity (Wildman–Crippen MR) is 70.1 cm³/mol. The van der Waals surface area contributed by atoms with E-state index in [-0.39, 0.29) is 24.0 Å². The smallest absolute Gasteiger partial charge is 0.274 e. The molecule has 0 atom stereocenters. The quantitative estimate of drug-likeness (QED) is 0.871. The molecule has 0 fully saturated rings. The fourth-order valence-electron chi connectivity index (χ4n) is 1.57. The highest BCUT2D eigenvalue weighted by molar-refractivity contribution is 5.90. The molecule has 0 aliphatic rings. The maximum atomic E-state index is 12.7. The Morgan fingerprint density at radius 2 is 1.95 bits per heavy atom. The van der Waals surface area contributed by atoms with E-state index >= 15 is 0 Å². The number of aromatic nitrogens is 1. The lowest BCUT2D eigenvalue weighted by atomic mass is 10.3. The number of pyridine rings is 1. The van der Waals surface area contributed by atoms with Gasteiger partial charge >= 0.3 is 0 Å². The summed E-state index contributed by atoms with van der Waals surface area (Å²) in [4.78, 5) is 23.3. The molecule has 5 nitrogen and oxygen atoms in total. The summed E-state index contributed by atoms with van der Waals surface area (Å²) in [5.74, 6) is -0.774. The molecule has 0 aliphatic heterocycles. The molecule has 3 N–H and O–H groups in total. The van der Waals surface area contributed by atoms with Gasteiger partial charge in [0.25, 0.3) is 5.56 Å². The minimum atomic E-state index is -0.420. The summed E-state index contributed by atoms with van der Waals surface area (Å²) in [5, 5.41) is 2.56. The Labute approximate surface area is 108 Å². The topological polar surface area (TPSA) is 77.1 Å². The second-order valence-corrected chi connectivity index (χ2v) is 3.95. The maximum absolute atomic E-state index is 12.7. The van der Waals surface area contributed by atoms with Crippen LogP contribution in [0.15, 0.2) is 47.4 Å². The van der Waals surface area contributed by atoms with Crippen molar-refractivity contribution in [3.63, 3.8) is 0 Å². The van der Waals surface area contributed by atoms with Crippen molar-refractivity contribution in [1.29, 1.82) is 0 Å². The number of halogens is 1. The van der Waals surface area contributed by atoms with Crippen molar-refractivity contribution >= 4 is 17.3 Å². The van der Waals surface area contributed by atoms with Crippen LogP contribution >= 0.6 is 0 Å². The van der Waals surface area contributed by atoms with Crippen molar-refractivity contribution in [3.8, 4) is 0 Å². The second kappa shape index (κ2) is 5.34. The van der Waals surface area contributed by atoms with E-state index in [1.165, 1.54) is 41.1 Å². The number of rotatable bonds is 3. The molecule has 6 heteroatoms. The fourth-order valence-corrected chi connectivity index (χ4v) is 1.57. The van der Waals surface area contributed by atoms with E-state index in [0.29, 0.717) is 5.69 Å². The normalized spacial score (nSPS) is 10.2. The summed E-state index contributed by atoms with van der Waals surface area (Å²) in [6.07, 6.45) is 1.48. The Balaban J connectivity index is 2.07. The van der Waals surface area contributed by atoms with Gasteiger partial charge in [0.1, 0.15) is 12.4 Å². The average Bonchev–Trinajstić information content (AvgIpc) is 2.38. The molecule has 0 bridgehead atoms. The van der Waals surface area contributed by atoms with Gasteiger partial charge in [-0.3, -0.25) is 9.59 Å². The summed E-state index contributed by atoms with van der Waals surface area (Å²) in [7, 11) is 0. The molecule has 19 heavy (non-hydrogen) atoms. The van der Waals surface area contributed by atoms with E-state index in [1.54, 1.807) is 6.07 Å². The van der Waals surface area contributed by atoms with Crippen LogP contribution in [0.2, 0.25) is 0 Å². The fraction of sp³-hybridized carbons (Fsp3) is 0.0769. The van der Waals surface area contributed by atoms with Gasteiger partial charge in [0.2, 0.25) is 5.91 Å². The van der Waals surface area contributed by atoms with Gasteiger partial charge in [-0.25, -0.2) is 4.39 Å². The Hall–Kier alpha value is -2.63. The number of hydrogen-bond acceptors (Lipinski definition) is 3. The zero-order chi connectivity index (χ0) is 13.8. The SMILES string of the molecule is Nc1cccn(CC(=O)Nc2ccc(F)cc2)c1=O. The molecule has 1 aromatic carbocycles. The standard InChI is InChI=1S/C13H12FN3O2/c14-9-3-5-10(6-4-9)16-12(18)8-17-7-1-2-11(15)13(17)19/h1-7H,8,15H2,(H,16,18). The molecule has 0 spiro atoms. The van der Waals surface area contributed by atoms with Crippen molar-refractivity contribution in [2.24, 2.45) is 0 Å². The lowest BCUT2D eigenvalue weighted by Gasteiger charge is -2.07. The largest absolute Gasteiger partial charge is 0.394 e. The number of carbonyl (C=O) groups is 1. The lowest BCUT2D eigenvalue weighted by molar-refractivity contribution is -0.116. The van der Waals surface area contributed by atoms with Crippen LogP contribution in [-0.2, 0) is 11.3 Å². The van der Waals surface area contributed by atoms with Gasteiger partial charge in [0.05, 0.1) is 5.69 Å². The molecule has 0 aliphatic carbocycles. The van der Waals surface area contributed by atoms with Gasteiger partial charge in [0, 0.05) is 11.9 Å². The molecule has 1 heterocycles. The van der Waals surface area contributed by atoms with E-state index in [2.05, 4.69) is 5.32 Å². The van der Waals surface area contributed by atoms with Crippen molar-refractivity contribution in [3.05, 3.63) is 58.8 Å². The van der Waals surface area contributed by atoms with E-state index in [0.717, 1.165) is 0 Å². The van der Waals surface area contributed by atoms with Crippen molar-refractivity contribution in [1.82, 2.24) is 4.57 Å². The number of nitrogens with two attached hydrogens (primary N) is 1. The number of benzene rings is 1. The number of nitrogens with one attached hydrogen (secondary N) is 1. The Kier molecular flexibility index (Phi) is 3.61. The minimum absolute atomic E-state index is 0.0806. The van der Waals surface area contributed by atoms with Crippen LogP contribution in [-0.4, -0.2) is 10.5 Å². The van der Waals surface area contributed by atoms with Gasteiger partial charge in [0.15, 0.2) is 0 Å². The third-order valence-electron chi connectivity index (χ3n) is 2.49. The number of nitrogens with zero attached hydrogens (tertiary/aromatic N) is 1. The van der Waals surface area contributed by atoms with Gasteiger partial charge in [-0.05, 0) is 36.4 Å². The number of carbonyl (C=O) groups excluding carboxylic acids is 1. The summed E-state index contributed by atoms with van der Waals surface area (Å²) in [5.41, 5.74) is 5.58. The summed E-state index contributed by atoms with van der Waals surface area (Å²) < 4.78 is 13.9. The lowest BCUT2D eigenvalue weighted by Crippen LogP contribution is -2.28. The van der Waals surface area contributed by atoms with E-state index in [4.69, 9.17) is 5.73 Å². The Morgan fingerprint density at radius 1 is 1.26 bits per heavy atom. The molecular formula is C13H12FN3O2. The zero-order valence-corrected chi connectivity index (χ0v) is 9.97. The van der Waals surface area contributed by atoms with Gasteiger partial charge in [-0.2, -0.15) is 0 Å². The van der Waals surface area contributed by atoms with Crippen LogP contribution in [0.25, 0.3) is 0 Å². The molecule has 1 aromatic heterocycles. The highest BCUT2D eigenvalue weighted by Crippen LogP contribution is 2.08. The number of nitrogen functional groups attached to an aromatic ring is 1. The summed E-state index contributed by atoms with van der Waals surface area (Å²) >= 11 is 0. The third-order valence-corrected chi connectivity index (χ3v) is 2.49. The monoisotopic (exact) mass is 261 g/mol. The highest BCUT2D eigenvalue weighted by Gasteiger charge is 2.06. The van der Waals surface area contributed by atoms with Crippen LogP contribution in [0.1, 0.15) is 0 Å². The molecule has 2 aromatic rings. The number of anilines is 2. The first kappa shape index (κ1) is 12.8. The van der Waals surface area contributed by atoms with Crippen molar-refractivity contribution in [2.45, 2.75) is 6.54 Å². The predicted octanol–water partition coefficient (Wildman–Crippen LogP) is 1.21. The van der Waals surface area contributed by atoms with E-state index in [9.17, 15) is 14.0 Å². The Bertz CT molecular complexity index is 650. The average molecular weight is 261 g/mol. The van der Waals surface area contributed by atoms with Gasteiger partial charge < -0.3 is 15.6 Å². The zero-order valence-electron chi connectivity index (χ0n) is 9.97. The van der Waals surface area contributed by atoms with Crippen molar-refractivity contribution in [2.75, 3.05) is 11.1 Å². The Morgan fingerprint density at radius 3 is 2.63 bits per heavy atom. The molecule has 1 amide bonds. The molecule has 0 saturated carbocycles. The van der Waals surface area contributed by atoms with Crippen LogP contribution in [0, 0.1) is 5.82 Å². The molecule has 0 unspecified atom stereocenters. The third kappa shape index (κ3) is 3.19. The first-order valence-corrected chi connectivity index (χ1v) is 5.56. The second-order valence-electron chi connectivity index (χ2n) is 3.95. The maximum Gasteiger partial charge on any atom is 0.274 e. The van der Waals surface area contributed by atoms with Gasteiger partial charge in [-0.1, -0.05) is 0 Å². The van der Waals surface area contributed by atoms with Crippen LogP contribution in [0.5, 0.6) is 0 Å². The number of amides is 1. The summed E-state index contributed by atoms with van der Waals surface area (Å²) in [6.45, 7) is -0.152. The molecule has 0 radical (unpaired) electrons. The summed E-state index contributed by atoms with van der Waals surface area (Å²) in [6, 6.07) is 8.41. The van der Waals surface area contributed by atoms with Crippen molar-refractivity contribution < 1.29 is 9.18 Å². The molecule has 2 rings (SSSR count). The van der Waals surface area contributed by atoms with Crippen LogP contribution in [0.3, 0.4) is 0 Å². The molecule has 98 valence electrons. The molecular weight excluding hydrogens is 249 g/mol. The van der Waals surface area contributed by atoms with Crippen LogP contribution < -0.4 is 16.6 Å². The minimum Gasteiger partial charge on any atom is -0.394 e. The van der Waals surface area contributed by atoms with Crippen LogP contribution in [0.4, 0.5) is 15.8 Å². The van der Waals surface area contributed by atoms with E-state index < -0.39 is 5.56 Å². The van der Waals surface area contributed by atoms with Gasteiger partial charge in [-0.15, -0.1) is 0 Å². The first-order chi connectivity index (χ1) is 9.06. The highest BCUT2D eigenvalue weighted by atomic mass is 19.1. The molecule has 0 saturated heterocycles. The first-order valence-electron chi connectivity index (χ1n) is 5.56. The van der Waals surface area contributed by atoms with E-state index in [1.807, 2.05) is 0 Å². The number of hydrogen-bond donors (Lipinski definition) is 2.